The van der Waals surface area contributed by atoms with Gasteiger partial charge in [-0.05, 0) is 32.0 Å². The van der Waals surface area contributed by atoms with Crippen molar-refractivity contribution >= 4 is 0 Å². The molecule has 0 spiro atoms. The van der Waals surface area contributed by atoms with Crippen LogP contribution < -0.4 is 0 Å². The minimum absolute atomic E-state index is 0.0536. The Hall–Kier alpha value is -2.76. The third-order valence-corrected chi connectivity index (χ3v) is 2.74. The summed E-state index contributed by atoms with van der Waals surface area (Å²) in [5.41, 5.74) is 3.21. The maximum Gasteiger partial charge on any atom is 0.259 e. The molecule has 0 amide bonds. The lowest BCUT2D eigenvalue weighted by atomic mass is 10.2. The second-order valence-corrected chi connectivity index (χ2v) is 4.49. The number of hydrogen-bond donors (Lipinski definition) is 1. The zero-order chi connectivity index (χ0) is 14.1. The van der Waals surface area contributed by atoms with Gasteiger partial charge in [0.2, 0.25) is 5.82 Å². The van der Waals surface area contributed by atoms with Gasteiger partial charge < -0.3 is 9.63 Å². The van der Waals surface area contributed by atoms with Crippen LogP contribution in [0.4, 0.5) is 0 Å². The van der Waals surface area contributed by atoms with E-state index >= 15 is 0 Å². The van der Waals surface area contributed by atoms with Gasteiger partial charge in [-0.15, -0.1) is 0 Å². The Balaban J connectivity index is 2.02. The lowest BCUT2D eigenvalue weighted by Crippen LogP contribution is -1.89. The highest BCUT2D eigenvalue weighted by atomic mass is 16.5. The van der Waals surface area contributed by atoms with Crippen molar-refractivity contribution in [2.75, 3.05) is 0 Å². The molecule has 3 aromatic rings. The molecule has 0 aromatic carbocycles. The molecule has 1 N–H and O–H groups in total. The third kappa shape index (κ3) is 2.35. The average molecular weight is 268 g/mol. The van der Waals surface area contributed by atoms with Crippen LogP contribution in [0.15, 0.2) is 35.1 Å². The Morgan fingerprint density at radius 2 is 1.70 bits per heavy atom. The number of hydrogen-bond acceptors (Lipinski definition) is 6. The molecule has 0 unspecified atom stereocenters. The van der Waals surface area contributed by atoms with E-state index in [0.29, 0.717) is 17.3 Å². The molecule has 6 nitrogen and oxygen atoms in total. The summed E-state index contributed by atoms with van der Waals surface area (Å²) in [6.45, 7) is 3.83. The van der Waals surface area contributed by atoms with Gasteiger partial charge >= 0.3 is 0 Å². The van der Waals surface area contributed by atoms with Gasteiger partial charge in [0.15, 0.2) is 0 Å². The molecule has 0 fully saturated rings. The van der Waals surface area contributed by atoms with Crippen LogP contribution in [0.2, 0.25) is 0 Å². The fraction of sp³-hybridized carbons (Fsp3) is 0.143. The minimum Gasteiger partial charge on any atom is -0.506 e. The number of aromatic nitrogens is 4. The maximum absolute atomic E-state index is 9.41. The summed E-state index contributed by atoms with van der Waals surface area (Å²) in [6.07, 6.45) is 2.90. The van der Waals surface area contributed by atoms with Crippen molar-refractivity contribution in [2.24, 2.45) is 0 Å². The SMILES string of the molecule is Cc1cc(-c2noc(-c3cncc(O)c3)n2)cc(C)n1. The average Bonchev–Trinajstić information content (AvgIpc) is 2.87. The monoisotopic (exact) mass is 268 g/mol. The summed E-state index contributed by atoms with van der Waals surface area (Å²) in [5.74, 6) is 0.852. The summed E-state index contributed by atoms with van der Waals surface area (Å²) >= 11 is 0. The molecule has 100 valence electrons. The normalized spacial score (nSPS) is 10.7. The number of pyridine rings is 2. The van der Waals surface area contributed by atoms with Gasteiger partial charge in [0.25, 0.3) is 5.89 Å². The highest BCUT2D eigenvalue weighted by Gasteiger charge is 2.12. The summed E-state index contributed by atoms with van der Waals surface area (Å²) in [4.78, 5) is 12.5. The fourth-order valence-electron chi connectivity index (χ4n) is 1.97. The molecular formula is C14H12N4O2. The van der Waals surface area contributed by atoms with Crippen molar-refractivity contribution in [3.63, 3.8) is 0 Å². The first-order valence-corrected chi connectivity index (χ1v) is 6.05. The van der Waals surface area contributed by atoms with E-state index < -0.39 is 0 Å². The lowest BCUT2D eigenvalue weighted by molar-refractivity contribution is 0.431. The van der Waals surface area contributed by atoms with E-state index in [0.717, 1.165) is 17.0 Å². The third-order valence-electron chi connectivity index (χ3n) is 2.74. The molecule has 3 aromatic heterocycles. The molecule has 20 heavy (non-hydrogen) atoms. The minimum atomic E-state index is 0.0536. The maximum atomic E-state index is 9.41. The quantitative estimate of drug-likeness (QED) is 0.768. The Labute approximate surface area is 115 Å². The van der Waals surface area contributed by atoms with Gasteiger partial charge in [0.1, 0.15) is 5.75 Å². The molecule has 6 heteroatoms. The highest BCUT2D eigenvalue weighted by molar-refractivity contribution is 5.60. The molecule has 0 atom stereocenters. The van der Waals surface area contributed by atoms with Crippen LogP contribution in [0.25, 0.3) is 22.8 Å². The van der Waals surface area contributed by atoms with Crippen LogP contribution in [0.3, 0.4) is 0 Å². The van der Waals surface area contributed by atoms with Crippen LogP contribution in [0.1, 0.15) is 11.4 Å². The van der Waals surface area contributed by atoms with E-state index in [4.69, 9.17) is 4.52 Å². The van der Waals surface area contributed by atoms with Gasteiger partial charge in [0.05, 0.1) is 11.8 Å². The largest absolute Gasteiger partial charge is 0.506 e. The Bertz CT molecular complexity index is 747. The van der Waals surface area contributed by atoms with Crippen LogP contribution in [-0.2, 0) is 0 Å². The molecule has 0 aliphatic rings. The first kappa shape index (κ1) is 12.3. The van der Waals surface area contributed by atoms with Crippen LogP contribution in [-0.4, -0.2) is 25.2 Å². The molecule has 3 rings (SSSR count). The molecule has 0 saturated heterocycles. The van der Waals surface area contributed by atoms with Crippen molar-refractivity contribution in [1.82, 2.24) is 20.1 Å². The van der Waals surface area contributed by atoms with E-state index in [9.17, 15) is 5.11 Å². The number of rotatable bonds is 2. The molecule has 0 radical (unpaired) electrons. The van der Waals surface area contributed by atoms with E-state index in [-0.39, 0.29) is 5.75 Å². The highest BCUT2D eigenvalue weighted by Crippen LogP contribution is 2.24. The summed E-state index contributed by atoms with van der Waals surface area (Å²) in [6, 6.07) is 5.30. The van der Waals surface area contributed by atoms with Crippen molar-refractivity contribution in [3.8, 4) is 28.6 Å². The predicted molar refractivity (Wildman–Crippen MR) is 71.9 cm³/mol. The second-order valence-electron chi connectivity index (χ2n) is 4.49. The van der Waals surface area contributed by atoms with Gasteiger partial charge in [0, 0.05) is 23.1 Å². The van der Waals surface area contributed by atoms with E-state index in [1.54, 1.807) is 6.20 Å². The lowest BCUT2D eigenvalue weighted by Gasteiger charge is -1.99. The smallest absolute Gasteiger partial charge is 0.259 e. The molecule has 0 aliphatic heterocycles. The van der Waals surface area contributed by atoms with Crippen molar-refractivity contribution < 1.29 is 9.63 Å². The number of aromatic hydroxyl groups is 1. The van der Waals surface area contributed by atoms with E-state index in [1.165, 1.54) is 12.3 Å². The molecular weight excluding hydrogens is 256 g/mol. The van der Waals surface area contributed by atoms with Gasteiger partial charge in [-0.2, -0.15) is 4.98 Å². The molecule has 3 heterocycles. The van der Waals surface area contributed by atoms with Crippen molar-refractivity contribution in [2.45, 2.75) is 13.8 Å². The van der Waals surface area contributed by atoms with Crippen LogP contribution in [0, 0.1) is 13.8 Å². The molecule has 0 aliphatic carbocycles. The predicted octanol–water partition coefficient (Wildman–Crippen LogP) is 2.52. The fourth-order valence-corrected chi connectivity index (χ4v) is 1.97. The standard InChI is InChI=1S/C14H12N4O2/c1-8-3-10(4-9(2)16-8)13-17-14(20-18-13)11-5-12(19)7-15-6-11/h3-7,19H,1-2H3. The van der Waals surface area contributed by atoms with Gasteiger partial charge in [-0.3, -0.25) is 9.97 Å². The Morgan fingerprint density at radius 1 is 0.950 bits per heavy atom. The second kappa shape index (κ2) is 4.73. The Kier molecular flexibility index (Phi) is 2.90. The van der Waals surface area contributed by atoms with Gasteiger partial charge in [-0.25, -0.2) is 0 Å². The number of nitrogens with zero attached hydrogens (tertiary/aromatic N) is 4. The van der Waals surface area contributed by atoms with Crippen LogP contribution in [0.5, 0.6) is 5.75 Å². The van der Waals surface area contributed by atoms with Crippen molar-refractivity contribution in [3.05, 3.63) is 42.0 Å². The number of aryl methyl sites for hydroxylation is 2. The zero-order valence-corrected chi connectivity index (χ0v) is 11.0. The first-order chi connectivity index (χ1) is 9.61. The van der Waals surface area contributed by atoms with Crippen molar-refractivity contribution in [1.29, 1.82) is 0 Å². The summed E-state index contributed by atoms with van der Waals surface area (Å²) in [5, 5.41) is 13.4. The van der Waals surface area contributed by atoms with E-state index in [2.05, 4.69) is 20.1 Å². The summed E-state index contributed by atoms with van der Waals surface area (Å²) < 4.78 is 5.21. The molecule has 0 bridgehead atoms. The summed E-state index contributed by atoms with van der Waals surface area (Å²) in [7, 11) is 0. The first-order valence-electron chi connectivity index (χ1n) is 6.05. The topological polar surface area (TPSA) is 84.9 Å². The Morgan fingerprint density at radius 3 is 2.40 bits per heavy atom. The van der Waals surface area contributed by atoms with Crippen LogP contribution >= 0.6 is 0 Å². The molecule has 0 saturated carbocycles. The zero-order valence-electron chi connectivity index (χ0n) is 11.0. The van der Waals surface area contributed by atoms with E-state index in [1.807, 2.05) is 26.0 Å². The van der Waals surface area contributed by atoms with Gasteiger partial charge in [-0.1, -0.05) is 5.16 Å².